The summed E-state index contributed by atoms with van der Waals surface area (Å²) in [6, 6.07) is 11.4. The van der Waals surface area contributed by atoms with Crippen molar-refractivity contribution in [3.05, 3.63) is 70.4 Å². The first-order chi connectivity index (χ1) is 10.7. The smallest absolute Gasteiger partial charge is 0.270 e. The van der Waals surface area contributed by atoms with Crippen LogP contribution in [-0.2, 0) is 13.5 Å². The standard InChI is InChI=1S/C16H16N4OS/c1-20-15(7-9-18-20)16(21)19-14(11-12-5-4-10-22-12)13-6-2-3-8-17-13/h2-10,14H,11H2,1H3,(H,19,21)/t14-/m1/s1. The maximum atomic E-state index is 12.4. The van der Waals surface area contributed by atoms with E-state index in [1.54, 1.807) is 41.5 Å². The Hall–Kier alpha value is -2.47. The molecule has 1 atom stereocenters. The van der Waals surface area contributed by atoms with Crippen molar-refractivity contribution in [3.63, 3.8) is 0 Å². The lowest BCUT2D eigenvalue weighted by Gasteiger charge is -2.17. The number of carbonyl (C=O) groups excluding carboxylic acids is 1. The molecular weight excluding hydrogens is 296 g/mol. The molecule has 5 nitrogen and oxygen atoms in total. The van der Waals surface area contributed by atoms with Crippen LogP contribution in [0.4, 0.5) is 0 Å². The highest BCUT2D eigenvalue weighted by Gasteiger charge is 2.19. The fraction of sp³-hybridized carbons (Fsp3) is 0.188. The number of hydrogen-bond donors (Lipinski definition) is 1. The van der Waals surface area contributed by atoms with E-state index in [1.165, 1.54) is 4.88 Å². The second kappa shape index (κ2) is 6.53. The molecule has 0 saturated heterocycles. The van der Waals surface area contributed by atoms with Gasteiger partial charge in [0.05, 0.1) is 11.7 Å². The minimum atomic E-state index is -0.165. The number of pyridine rings is 1. The molecule has 0 aliphatic heterocycles. The second-order valence-electron chi connectivity index (χ2n) is 4.90. The summed E-state index contributed by atoms with van der Waals surface area (Å²) in [4.78, 5) is 18.0. The van der Waals surface area contributed by atoms with Gasteiger partial charge in [0, 0.05) is 30.7 Å². The van der Waals surface area contributed by atoms with Crippen LogP contribution in [0.2, 0.25) is 0 Å². The molecule has 0 radical (unpaired) electrons. The number of nitrogens with zero attached hydrogens (tertiary/aromatic N) is 3. The molecule has 1 N–H and O–H groups in total. The van der Waals surface area contributed by atoms with E-state index in [0.29, 0.717) is 5.69 Å². The quantitative estimate of drug-likeness (QED) is 0.788. The molecule has 1 amide bonds. The minimum Gasteiger partial charge on any atom is -0.342 e. The molecule has 112 valence electrons. The molecule has 0 aromatic carbocycles. The first kappa shape index (κ1) is 14.5. The molecule has 0 bridgehead atoms. The fourth-order valence-electron chi connectivity index (χ4n) is 2.27. The Balaban J connectivity index is 1.82. The Kier molecular flexibility index (Phi) is 4.29. The van der Waals surface area contributed by atoms with Crippen molar-refractivity contribution in [2.75, 3.05) is 0 Å². The molecular formula is C16H16N4OS. The van der Waals surface area contributed by atoms with Crippen LogP contribution >= 0.6 is 11.3 Å². The van der Waals surface area contributed by atoms with Crippen LogP contribution in [0.5, 0.6) is 0 Å². The van der Waals surface area contributed by atoms with Gasteiger partial charge in [-0.15, -0.1) is 11.3 Å². The molecule has 3 rings (SSSR count). The monoisotopic (exact) mass is 312 g/mol. The SMILES string of the molecule is Cn1nccc1C(=O)N[C@H](Cc1cccs1)c1ccccn1. The summed E-state index contributed by atoms with van der Waals surface area (Å²) >= 11 is 1.68. The van der Waals surface area contributed by atoms with Crippen molar-refractivity contribution in [3.8, 4) is 0 Å². The van der Waals surface area contributed by atoms with Crippen LogP contribution in [0.1, 0.15) is 27.1 Å². The van der Waals surface area contributed by atoms with Crippen molar-refractivity contribution in [1.29, 1.82) is 0 Å². The highest BCUT2D eigenvalue weighted by atomic mass is 32.1. The number of aromatic nitrogens is 3. The summed E-state index contributed by atoms with van der Waals surface area (Å²) in [7, 11) is 1.75. The van der Waals surface area contributed by atoms with Gasteiger partial charge in [-0.05, 0) is 29.6 Å². The Labute approximate surface area is 132 Å². The van der Waals surface area contributed by atoms with Gasteiger partial charge in [0.2, 0.25) is 0 Å². The third-order valence-corrected chi connectivity index (χ3v) is 4.29. The predicted molar refractivity (Wildman–Crippen MR) is 85.7 cm³/mol. The van der Waals surface area contributed by atoms with E-state index in [4.69, 9.17) is 0 Å². The van der Waals surface area contributed by atoms with Crippen molar-refractivity contribution in [2.45, 2.75) is 12.5 Å². The zero-order chi connectivity index (χ0) is 15.4. The molecule has 22 heavy (non-hydrogen) atoms. The molecule has 3 aromatic rings. The second-order valence-corrected chi connectivity index (χ2v) is 5.94. The highest BCUT2D eigenvalue weighted by Crippen LogP contribution is 2.20. The first-order valence-corrected chi connectivity index (χ1v) is 7.84. The zero-order valence-electron chi connectivity index (χ0n) is 12.1. The summed E-state index contributed by atoms with van der Waals surface area (Å²) < 4.78 is 1.57. The maximum absolute atomic E-state index is 12.4. The Bertz CT molecular complexity index is 737. The summed E-state index contributed by atoms with van der Waals surface area (Å²) in [5, 5.41) is 9.13. The number of aryl methyl sites for hydroxylation is 1. The minimum absolute atomic E-state index is 0.146. The van der Waals surface area contributed by atoms with E-state index in [1.807, 2.05) is 29.6 Å². The van der Waals surface area contributed by atoms with Gasteiger partial charge in [-0.1, -0.05) is 12.1 Å². The van der Waals surface area contributed by atoms with E-state index < -0.39 is 0 Å². The summed E-state index contributed by atoms with van der Waals surface area (Å²) in [6.07, 6.45) is 4.08. The van der Waals surface area contributed by atoms with Crippen molar-refractivity contribution in [1.82, 2.24) is 20.1 Å². The number of thiophene rings is 1. The summed E-state index contributed by atoms with van der Waals surface area (Å²) in [5.74, 6) is -0.146. The van der Waals surface area contributed by atoms with E-state index >= 15 is 0 Å². The number of carbonyl (C=O) groups is 1. The van der Waals surface area contributed by atoms with Crippen molar-refractivity contribution >= 4 is 17.2 Å². The maximum Gasteiger partial charge on any atom is 0.270 e. The highest BCUT2D eigenvalue weighted by molar-refractivity contribution is 7.09. The Morgan fingerprint density at radius 2 is 2.18 bits per heavy atom. The summed E-state index contributed by atoms with van der Waals surface area (Å²) in [6.45, 7) is 0. The Morgan fingerprint density at radius 1 is 1.27 bits per heavy atom. The number of nitrogens with one attached hydrogen (secondary N) is 1. The van der Waals surface area contributed by atoms with Crippen LogP contribution in [-0.4, -0.2) is 20.7 Å². The molecule has 0 fully saturated rings. The predicted octanol–water partition coefficient (Wildman–Crippen LogP) is 2.59. The van der Waals surface area contributed by atoms with Gasteiger partial charge in [0.25, 0.3) is 5.91 Å². The lowest BCUT2D eigenvalue weighted by Crippen LogP contribution is -2.31. The van der Waals surface area contributed by atoms with Crippen LogP contribution in [0.15, 0.2) is 54.2 Å². The zero-order valence-corrected chi connectivity index (χ0v) is 13.0. The first-order valence-electron chi connectivity index (χ1n) is 6.96. The lowest BCUT2D eigenvalue weighted by molar-refractivity contribution is 0.0926. The molecule has 3 aromatic heterocycles. The average Bonchev–Trinajstić information content (AvgIpc) is 3.19. The topological polar surface area (TPSA) is 59.8 Å². The van der Waals surface area contributed by atoms with Gasteiger partial charge in [-0.3, -0.25) is 14.5 Å². The van der Waals surface area contributed by atoms with E-state index in [0.717, 1.165) is 12.1 Å². The normalized spacial score (nSPS) is 12.0. The van der Waals surface area contributed by atoms with E-state index in [-0.39, 0.29) is 11.9 Å². The Morgan fingerprint density at radius 3 is 2.82 bits per heavy atom. The molecule has 0 aliphatic carbocycles. The molecule has 0 aliphatic rings. The fourth-order valence-corrected chi connectivity index (χ4v) is 3.02. The van der Waals surface area contributed by atoms with Crippen LogP contribution < -0.4 is 5.32 Å². The lowest BCUT2D eigenvalue weighted by atomic mass is 10.1. The van der Waals surface area contributed by atoms with Crippen LogP contribution in [0.3, 0.4) is 0 Å². The number of amides is 1. The van der Waals surface area contributed by atoms with Gasteiger partial charge in [-0.25, -0.2) is 0 Å². The summed E-state index contributed by atoms with van der Waals surface area (Å²) in [5.41, 5.74) is 1.39. The molecule has 3 heterocycles. The largest absolute Gasteiger partial charge is 0.342 e. The third kappa shape index (κ3) is 3.23. The van der Waals surface area contributed by atoms with Crippen LogP contribution in [0.25, 0.3) is 0 Å². The van der Waals surface area contributed by atoms with Gasteiger partial charge in [-0.2, -0.15) is 5.10 Å². The van der Waals surface area contributed by atoms with Gasteiger partial charge in [0.15, 0.2) is 0 Å². The molecule has 0 spiro atoms. The van der Waals surface area contributed by atoms with E-state index in [2.05, 4.69) is 21.5 Å². The van der Waals surface area contributed by atoms with Crippen molar-refractivity contribution in [2.24, 2.45) is 7.05 Å². The van der Waals surface area contributed by atoms with E-state index in [9.17, 15) is 4.79 Å². The number of hydrogen-bond acceptors (Lipinski definition) is 4. The molecule has 0 unspecified atom stereocenters. The average molecular weight is 312 g/mol. The van der Waals surface area contributed by atoms with Gasteiger partial charge >= 0.3 is 0 Å². The van der Waals surface area contributed by atoms with Gasteiger partial charge in [0.1, 0.15) is 5.69 Å². The van der Waals surface area contributed by atoms with Gasteiger partial charge < -0.3 is 5.32 Å². The van der Waals surface area contributed by atoms with Crippen LogP contribution in [0, 0.1) is 0 Å². The molecule has 6 heteroatoms. The molecule has 0 saturated carbocycles. The van der Waals surface area contributed by atoms with Crippen molar-refractivity contribution < 1.29 is 4.79 Å². The third-order valence-electron chi connectivity index (χ3n) is 3.39. The number of rotatable bonds is 5.